The molecular weight excluding hydrogens is 503 g/mol. The first kappa shape index (κ1) is 28.0. The maximum Gasteiger partial charge on any atom is 0.335 e. The molecule has 1 saturated heterocycles. The first-order chi connectivity index (χ1) is 17.8. The van der Waals surface area contributed by atoms with Gasteiger partial charge in [-0.1, -0.05) is 13.8 Å². The Bertz CT molecular complexity index is 991. The number of aliphatic carboxylic acids is 1. The second kappa shape index (κ2) is 9.55. The number of carbonyl (C=O) groups is 3. The molecule has 4 aliphatic carbocycles. The van der Waals surface area contributed by atoms with Crippen LogP contribution in [0.4, 0.5) is 4.39 Å². The molecule has 0 aromatic rings. The number of carboxylic acid groups (broad SMARTS) is 1. The quantitative estimate of drug-likeness (QED) is 0.334. The van der Waals surface area contributed by atoms with Crippen LogP contribution in [0.2, 0.25) is 0 Å². The van der Waals surface area contributed by atoms with Crippen molar-refractivity contribution >= 4 is 17.5 Å². The van der Waals surface area contributed by atoms with E-state index in [1.807, 2.05) is 13.8 Å². The smallest absolute Gasteiger partial charge is 0.335 e. The van der Waals surface area contributed by atoms with Gasteiger partial charge in [0.1, 0.15) is 36.4 Å². The van der Waals surface area contributed by atoms with Gasteiger partial charge in [-0.05, 0) is 61.7 Å². The average Bonchev–Trinajstić information content (AvgIpc) is 3.19. The molecule has 4 saturated carbocycles. The van der Waals surface area contributed by atoms with Gasteiger partial charge in [-0.15, -0.1) is 0 Å². The Morgan fingerprint density at radius 1 is 1.03 bits per heavy atom. The topological polar surface area (TPSA) is 171 Å². The molecule has 0 bridgehead atoms. The van der Waals surface area contributed by atoms with Crippen LogP contribution in [0.3, 0.4) is 0 Å². The molecule has 0 spiro atoms. The molecule has 5 N–H and O–H groups in total. The first-order valence-corrected chi connectivity index (χ1v) is 13.7. The largest absolute Gasteiger partial charge is 0.479 e. The van der Waals surface area contributed by atoms with Crippen molar-refractivity contribution in [1.29, 1.82) is 0 Å². The number of alkyl halides is 1. The van der Waals surface area contributed by atoms with Gasteiger partial charge in [0.2, 0.25) is 0 Å². The van der Waals surface area contributed by atoms with E-state index >= 15 is 4.39 Å². The number of fused-ring (bicyclic) bond motifs is 5. The molecular formula is C27H39FO10. The van der Waals surface area contributed by atoms with Gasteiger partial charge in [-0.2, -0.15) is 0 Å². The Hall–Kier alpha value is -1.50. The monoisotopic (exact) mass is 542 g/mol. The minimum absolute atomic E-state index is 0.0957. The van der Waals surface area contributed by atoms with Crippen molar-refractivity contribution in [1.82, 2.24) is 0 Å². The second-order valence-corrected chi connectivity index (χ2v) is 12.8. The van der Waals surface area contributed by atoms with E-state index in [1.54, 1.807) is 0 Å². The van der Waals surface area contributed by atoms with Crippen LogP contribution in [0.5, 0.6) is 0 Å². The average molecular weight is 543 g/mol. The van der Waals surface area contributed by atoms with E-state index in [9.17, 15) is 39.9 Å². The van der Waals surface area contributed by atoms with Crippen LogP contribution >= 0.6 is 0 Å². The van der Waals surface area contributed by atoms with E-state index in [2.05, 4.69) is 0 Å². The van der Waals surface area contributed by atoms with E-state index in [-0.39, 0.29) is 29.8 Å². The van der Waals surface area contributed by atoms with Crippen LogP contribution in [0.15, 0.2) is 0 Å². The number of rotatable bonds is 5. The number of hydrogen-bond acceptors (Lipinski definition) is 9. The van der Waals surface area contributed by atoms with Crippen LogP contribution < -0.4 is 0 Å². The third kappa shape index (κ3) is 3.91. The van der Waals surface area contributed by atoms with E-state index in [1.165, 1.54) is 0 Å². The van der Waals surface area contributed by atoms with Crippen LogP contribution in [-0.4, -0.2) is 92.2 Å². The van der Waals surface area contributed by atoms with E-state index in [4.69, 9.17) is 9.47 Å². The van der Waals surface area contributed by atoms with Crippen LogP contribution in [-0.2, 0) is 23.9 Å². The summed E-state index contributed by atoms with van der Waals surface area (Å²) in [6.07, 6.45) is -6.65. The van der Waals surface area contributed by atoms with E-state index < -0.39 is 77.7 Å². The van der Waals surface area contributed by atoms with Gasteiger partial charge in [0.05, 0.1) is 6.10 Å². The molecule has 3 unspecified atom stereocenters. The highest BCUT2D eigenvalue weighted by Crippen LogP contribution is 2.70. The number of aliphatic hydroxyl groups excluding tert-OH is 4. The molecule has 38 heavy (non-hydrogen) atoms. The molecule has 1 heterocycles. The zero-order valence-electron chi connectivity index (χ0n) is 21.8. The Kier molecular flexibility index (Phi) is 7.05. The molecule has 10 nitrogen and oxygen atoms in total. The Labute approximate surface area is 220 Å². The third-order valence-electron chi connectivity index (χ3n) is 11.1. The summed E-state index contributed by atoms with van der Waals surface area (Å²) in [6, 6.07) is 0. The maximum atomic E-state index is 17.2. The van der Waals surface area contributed by atoms with Crippen molar-refractivity contribution < 1.29 is 53.8 Å². The lowest BCUT2D eigenvalue weighted by molar-refractivity contribution is -0.292. The lowest BCUT2D eigenvalue weighted by atomic mass is 9.42. The molecule has 0 amide bonds. The maximum absolute atomic E-state index is 17.2. The van der Waals surface area contributed by atoms with Crippen molar-refractivity contribution in [3.8, 4) is 0 Å². The molecule has 0 aromatic carbocycles. The van der Waals surface area contributed by atoms with Crippen molar-refractivity contribution in [3.63, 3.8) is 0 Å². The summed E-state index contributed by atoms with van der Waals surface area (Å²) in [4.78, 5) is 36.8. The van der Waals surface area contributed by atoms with Crippen molar-refractivity contribution in [3.05, 3.63) is 0 Å². The number of ketones is 2. The Morgan fingerprint density at radius 2 is 1.71 bits per heavy atom. The van der Waals surface area contributed by atoms with Crippen molar-refractivity contribution in [2.45, 2.75) is 108 Å². The number of Topliss-reactive ketones (excluding diaryl/α,β-unsaturated/α-hetero) is 2. The van der Waals surface area contributed by atoms with Gasteiger partial charge in [0, 0.05) is 24.2 Å². The summed E-state index contributed by atoms with van der Waals surface area (Å²) < 4.78 is 27.7. The number of halogens is 1. The van der Waals surface area contributed by atoms with Gasteiger partial charge < -0.3 is 35.0 Å². The van der Waals surface area contributed by atoms with E-state index in [0.29, 0.717) is 38.5 Å². The molecule has 0 radical (unpaired) electrons. The predicted molar refractivity (Wildman–Crippen MR) is 127 cm³/mol. The predicted octanol–water partition coefficient (Wildman–Crippen LogP) is 0.755. The Balaban J connectivity index is 1.31. The zero-order chi connectivity index (χ0) is 27.8. The number of aliphatic hydroxyl groups is 4. The molecule has 1 aliphatic heterocycles. The van der Waals surface area contributed by atoms with Gasteiger partial charge in [-0.3, -0.25) is 9.59 Å². The fourth-order valence-corrected chi connectivity index (χ4v) is 9.03. The minimum atomic E-state index is -1.86. The lowest BCUT2D eigenvalue weighted by Crippen LogP contribution is -2.69. The first-order valence-electron chi connectivity index (χ1n) is 13.7. The highest BCUT2D eigenvalue weighted by atomic mass is 19.1. The summed E-state index contributed by atoms with van der Waals surface area (Å²) in [7, 11) is 0. The molecule has 11 heteroatoms. The summed E-state index contributed by atoms with van der Waals surface area (Å²) in [5.41, 5.74) is -3.31. The van der Waals surface area contributed by atoms with E-state index in [0.717, 1.165) is 6.42 Å². The molecule has 13 atom stereocenters. The highest BCUT2D eigenvalue weighted by molar-refractivity contribution is 5.83. The fraction of sp³-hybridized carbons (Fsp3) is 0.889. The normalized spacial score (nSPS) is 52.6. The van der Waals surface area contributed by atoms with Crippen molar-refractivity contribution in [2.75, 3.05) is 6.61 Å². The summed E-state index contributed by atoms with van der Waals surface area (Å²) in [6.45, 7) is 3.27. The second-order valence-electron chi connectivity index (χ2n) is 12.8. The summed E-state index contributed by atoms with van der Waals surface area (Å²) >= 11 is 0. The van der Waals surface area contributed by atoms with Crippen LogP contribution in [0.25, 0.3) is 0 Å². The third-order valence-corrected chi connectivity index (χ3v) is 11.1. The SMILES string of the molecule is C[C@]12C[C@@H](O)[C@@]3(F)C(CC[C@H]4CC(=O)CC[C@@]43C)C1CC[C@@H]2C(=O)COC1O[C@H](C(=O)O)[C@@H](O)[C@H](O)[C@H]1O. The summed E-state index contributed by atoms with van der Waals surface area (Å²) in [5, 5.41) is 50.6. The Morgan fingerprint density at radius 3 is 2.39 bits per heavy atom. The standard InChI is InChI=1S/C27H39FO10/c1-25-10-18(31)27(28)15(4-3-12-9-13(29)7-8-26(12,27)2)14(25)5-6-16(25)17(30)11-37-24-21(34)19(32)20(33)22(38-24)23(35)36/h12,14-16,18-22,24,31-34H,3-11H2,1-2H3,(H,35,36)/t12-,14?,15?,16+,18+,19-,20-,21+,22-,24?,25-,26-,27-/m0/s1. The lowest BCUT2D eigenvalue weighted by Gasteiger charge is -2.64. The summed E-state index contributed by atoms with van der Waals surface area (Å²) in [5.74, 6) is -2.93. The number of carboxylic acids is 1. The number of hydrogen-bond donors (Lipinski definition) is 5. The van der Waals surface area contributed by atoms with Crippen molar-refractivity contribution in [2.24, 2.45) is 34.5 Å². The highest BCUT2D eigenvalue weighted by Gasteiger charge is 2.72. The number of carbonyl (C=O) groups excluding carboxylic acids is 2. The van der Waals surface area contributed by atoms with Crippen LogP contribution in [0.1, 0.15) is 65.2 Å². The molecule has 5 aliphatic rings. The molecule has 0 aromatic heterocycles. The number of ether oxygens (including phenoxy) is 2. The zero-order valence-corrected chi connectivity index (χ0v) is 21.8. The molecule has 214 valence electrons. The molecule has 5 fully saturated rings. The van der Waals surface area contributed by atoms with Gasteiger partial charge in [-0.25, -0.2) is 9.18 Å². The van der Waals surface area contributed by atoms with Gasteiger partial charge in [0.25, 0.3) is 0 Å². The van der Waals surface area contributed by atoms with Gasteiger partial charge >= 0.3 is 5.97 Å². The fourth-order valence-electron chi connectivity index (χ4n) is 9.03. The molecule has 5 rings (SSSR count). The van der Waals surface area contributed by atoms with Gasteiger partial charge in [0.15, 0.2) is 18.2 Å². The minimum Gasteiger partial charge on any atom is -0.479 e. The van der Waals surface area contributed by atoms with Crippen LogP contribution in [0, 0.1) is 34.5 Å².